The fraction of sp³-hybridized carbons (Fsp3) is 0.455. The van der Waals surface area contributed by atoms with Crippen LogP contribution < -0.4 is 5.73 Å². The molecule has 2 N–H and O–H groups in total. The molecule has 0 saturated carbocycles. The summed E-state index contributed by atoms with van der Waals surface area (Å²) in [4.78, 5) is 0. The zero-order valence-electron chi connectivity index (χ0n) is 7.89. The molecule has 1 aliphatic rings. The Labute approximate surface area is 91.6 Å². The van der Waals surface area contributed by atoms with Crippen LogP contribution in [0.3, 0.4) is 0 Å². The van der Waals surface area contributed by atoms with Crippen molar-refractivity contribution in [1.82, 2.24) is 0 Å². The van der Waals surface area contributed by atoms with Gasteiger partial charge in [0.25, 0.3) is 0 Å². The smallest absolute Gasteiger partial charge is 0.127 e. The number of fused-ring (bicyclic) bond motifs is 1. The molecule has 3 heteroatoms. The van der Waals surface area contributed by atoms with Gasteiger partial charge in [-0.25, -0.2) is 4.39 Å². The first kappa shape index (κ1) is 10.1. The number of nitrogens with two attached hydrogens (primary N) is 1. The molecule has 0 saturated heterocycles. The van der Waals surface area contributed by atoms with Crippen LogP contribution in [0.2, 0.25) is 0 Å². The van der Waals surface area contributed by atoms with Gasteiger partial charge < -0.3 is 5.73 Å². The van der Waals surface area contributed by atoms with Crippen LogP contribution in [-0.2, 0) is 6.42 Å². The van der Waals surface area contributed by atoms with Crippen LogP contribution in [-0.4, -0.2) is 6.54 Å². The Morgan fingerprint density at radius 3 is 3.00 bits per heavy atom. The van der Waals surface area contributed by atoms with Gasteiger partial charge in [-0.3, -0.25) is 0 Å². The number of benzene rings is 1. The van der Waals surface area contributed by atoms with Crippen molar-refractivity contribution in [3.63, 3.8) is 0 Å². The molecule has 0 amide bonds. The molecule has 76 valence electrons. The normalized spacial score (nSPS) is 20.6. The number of rotatable bonds is 1. The molecule has 0 spiro atoms. The molecule has 0 radical (unpaired) electrons. The van der Waals surface area contributed by atoms with Crippen molar-refractivity contribution in [2.24, 2.45) is 5.73 Å². The van der Waals surface area contributed by atoms with E-state index in [0.29, 0.717) is 12.5 Å². The second-order valence-corrected chi connectivity index (χ2v) is 4.70. The lowest BCUT2D eigenvalue weighted by molar-refractivity contribution is 0.525. The predicted octanol–water partition coefficient (Wildman–Crippen LogP) is 2.97. The quantitative estimate of drug-likeness (QED) is 0.823. The minimum absolute atomic E-state index is 0.0903. The monoisotopic (exact) mass is 257 g/mol. The van der Waals surface area contributed by atoms with Crippen LogP contribution in [0.25, 0.3) is 0 Å². The van der Waals surface area contributed by atoms with Crippen molar-refractivity contribution in [2.45, 2.75) is 25.2 Å². The molecule has 1 aliphatic carbocycles. The molecule has 0 bridgehead atoms. The van der Waals surface area contributed by atoms with Crippen molar-refractivity contribution in [2.75, 3.05) is 6.54 Å². The lowest BCUT2D eigenvalue weighted by atomic mass is 9.83. The summed E-state index contributed by atoms with van der Waals surface area (Å²) in [6, 6.07) is 3.55. The summed E-state index contributed by atoms with van der Waals surface area (Å²) in [5.41, 5.74) is 7.65. The van der Waals surface area contributed by atoms with Gasteiger partial charge in [0.15, 0.2) is 0 Å². The summed E-state index contributed by atoms with van der Waals surface area (Å²) in [6.07, 6.45) is 2.98. The highest BCUT2D eigenvalue weighted by Gasteiger charge is 2.21. The fourth-order valence-corrected chi connectivity index (χ4v) is 2.62. The third kappa shape index (κ3) is 1.71. The Bertz CT molecular complexity index is 351. The fourth-order valence-electron chi connectivity index (χ4n) is 2.18. The van der Waals surface area contributed by atoms with Crippen LogP contribution in [0.5, 0.6) is 0 Å². The lowest BCUT2D eigenvalue weighted by Gasteiger charge is -2.24. The van der Waals surface area contributed by atoms with Gasteiger partial charge in [-0.2, -0.15) is 0 Å². The van der Waals surface area contributed by atoms with Gasteiger partial charge in [0.05, 0.1) is 0 Å². The first-order chi connectivity index (χ1) is 6.72. The van der Waals surface area contributed by atoms with E-state index in [2.05, 4.69) is 15.9 Å². The van der Waals surface area contributed by atoms with E-state index >= 15 is 0 Å². The predicted molar refractivity (Wildman–Crippen MR) is 58.8 cm³/mol. The van der Waals surface area contributed by atoms with E-state index in [1.165, 1.54) is 6.07 Å². The van der Waals surface area contributed by atoms with E-state index in [9.17, 15) is 4.39 Å². The van der Waals surface area contributed by atoms with E-state index in [1.54, 1.807) is 0 Å². The van der Waals surface area contributed by atoms with Crippen molar-refractivity contribution in [3.8, 4) is 0 Å². The molecular formula is C11H13BrFN. The Morgan fingerprint density at radius 2 is 2.29 bits per heavy atom. The molecule has 14 heavy (non-hydrogen) atoms. The average Bonchev–Trinajstić information content (AvgIpc) is 2.17. The largest absolute Gasteiger partial charge is 0.330 e. The van der Waals surface area contributed by atoms with Gasteiger partial charge in [0.1, 0.15) is 5.82 Å². The zero-order chi connectivity index (χ0) is 10.1. The molecule has 0 aliphatic heterocycles. The summed E-state index contributed by atoms with van der Waals surface area (Å²) in [5.74, 6) is 0.248. The van der Waals surface area contributed by atoms with Crippen LogP contribution in [0.1, 0.15) is 29.9 Å². The van der Waals surface area contributed by atoms with E-state index in [4.69, 9.17) is 5.73 Å². The van der Waals surface area contributed by atoms with Crippen molar-refractivity contribution in [3.05, 3.63) is 33.5 Å². The van der Waals surface area contributed by atoms with Gasteiger partial charge in [0.2, 0.25) is 0 Å². The van der Waals surface area contributed by atoms with Gasteiger partial charge in [0, 0.05) is 4.47 Å². The van der Waals surface area contributed by atoms with Crippen molar-refractivity contribution in [1.29, 1.82) is 0 Å². The van der Waals surface area contributed by atoms with Gasteiger partial charge in [-0.05, 0) is 55.0 Å². The average molecular weight is 258 g/mol. The number of hydrogen-bond donors (Lipinski definition) is 1. The Balaban J connectivity index is 2.51. The zero-order valence-corrected chi connectivity index (χ0v) is 9.48. The molecular weight excluding hydrogens is 245 g/mol. The van der Waals surface area contributed by atoms with Crippen molar-refractivity contribution < 1.29 is 4.39 Å². The maximum absolute atomic E-state index is 13.6. The van der Waals surface area contributed by atoms with E-state index < -0.39 is 0 Å². The summed E-state index contributed by atoms with van der Waals surface area (Å²) < 4.78 is 14.4. The molecule has 0 fully saturated rings. The third-order valence-corrected chi connectivity index (χ3v) is 3.36. The third-order valence-electron chi connectivity index (χ3n) is 2.90. The van der Waals surface area contributed by atoms with Gasteiger partial charge >= 0.3 is 0 Å². The summed E-state index contributed by atoms with van der Waals surface area (Å²) in [6.45, 7) is 0.614. The topological polar surface area (TPSA) is 26.0 Å². The number of hydrogen-bond acceptors (Lipinski definition) is 1. The Kier molecular flexibility index (Phi) is 2.88. The lowest BCUT2D eigenvalue weighted by Crippen LogP contribution is -2.19. The SMILES string of the molecule is NCC1CCCc2c(F)cc(Br)cc21. The number of halogens is 2. The Morgan fingerprint density at radius 1 is 1.50 bits per heavy atom. The minimum Gasteiger partial charge on any atom is -0.330 e. The highest BCUT2D eigenvalue weighted by Crippen LogP contribution is 2.34. The molecule has 1 nitrogen and oxygen atoms in total. The molecule has 1 aromatic carbocycles. The maximum atomic E-state index is 13.6. The second kappa shape index (κ2) is 3.99. The van der Waals surface area contributed by atoms with Crippen LogP contribution in [0.15, 0.2) is 16.6 Å². The van der Waals surface area contributed by atoms with Crippen molar-refractivity contribution >= 4 is 15.9 Å². The maximum Gasteiger partial charge on any atom is 0.127 e. The van der Waals surface area contributed by atoms with E-state index in [-0.39, 0.29) is 5.82 Å². The highest BCUT2D eigenvalue weighted by molar-refractivity contribution is 9.10. The summed E-state index contributed by atoms with van der Waals surface area (Å²) >= 11 is 3.32. The summed E-state index contributed by atoms with van der Waals surface area (Å²) in [5, 5.41) is 0. The molecule has 0 aromatic heterocycles. The summed E-state index contributed by atoms with van der Waals surface area (Å²) in [7, 11) is 0. The Hall–Kier alpha value is -0.410. The van der Waals surface area contributed by atoms with Crippen LogP contribution >= 0.6 is 15.9 Å². The standard InChI is InChI=1S/C11H13BrFN/c12-8-4-10-7(6-14)2-1-3-9(10)11(13)5-8/h4-5,7H,1-3,6,14H2. The molecule has 2 rings (SSSR count). The molecule has 1 unspecified atom stereocenters. The molecule has 0 heterocycles. The first-order valence-electron chi connectivity index (χ1n) is 4.90. The van der Waals surface area contributed by atoms with Gasteiger partial charge in [-0.1, -0.05) is 15.9 Å². The van der Waals surface area contributed by atoms with E-state index in [1.807, 2.05) is 6.07 Å². The second-order valence-electron chi connectivity index (χ2n) is 3.78. The van der Waals surface area contributed by atoms with Gasteiger partial charge in [-0.15, -0.1) is 0 Å². The minimum atomic E-state index is -0.0903. The molecule has 1 atom stereocenters. The van der Waals surface area contributed by atoms with Crippen LogP contribution in [0.4, 0.5) is 4.39 Å². The van der Waals surface area contributed by atoms with E-state index in [0.717, 1.165) is 34.9 Å². The van der Waals surface area contributed by atoms with Crippen LogP contribution in [0, 0.1) is 5.82 Å². The molecule has 1 aromatic rings. The first-order valence-corrected chi connectivity index (χ1v) is 5.69. The highest BCUT2D eigenvalue weighted by atomic mass is 79.9.